The summed E-state index contributed by atoms with van der Waals surface area (Å²) in [4.78, 5) is 12.9. The lowest BCUT2D eigenvalue weighted by molar-refractivity contribution is -0.302. The molecular weight excluding hydrogens is 670 g/mol. The van der Waals surface area contributed by atoms with Gasteiger partial charge in [0.15, 0.2) is 6.29 Å². The van der Waals surface area contributed by atoms with E-state index in [0.717, 1.165) is 44.9 Å². The number of aliphatic hydroxyl groups excluding tert-OH is 5. The van der Waals surface area contributed by atoms with Crippen molar-refractivity contribution in [3.8, 4) is 0 Å². The molecule has 0 radical (unpaired) electrons. The number of aliphatic hydroxyl groups is 5. The van der Waals surface area contributed by atoms with Gasteiger partial charge in [-0.3, -0.25) is 4.79 Å². The molecule has 0 aliphatic carbocycles. The largest absolute Gasteiger partial charge is 0.394 e. The lowest BCUT2D eigenvalue weighted by atomic mass is 9.99. The predicted octanol–water partition coefficient (Wildman–Crippen LogP) is 8.28. The van der Waals surface area contributed by atoms with E-state index in [1.165, 1.54) is 89.9 Å². The zero-order valence-electron chi connectivity index (χ0n) is 33.5. The Labute approximate surface area is 323 Å². The zero-order valence-corrected chi connectivity index (χ0v) is 33.5. The van der Waals surface area contributed by atoms with Crippen LogP contribution in [0.3, 0.4) is 0 Å². The number of allylic oxidation sites excluding steroid dienone is 8. The molecule has 1 amide bonds. The first kappa shape index (κ1) is 49.2. The number of ether oxygens (including phenoxy) is 2. The molecule has 0 aromatic heterocycles. The maximum absolute atomic E-state index is 12.9. The maximum atomic E-state index is 12.9. The highest BCUT2D eigenvalue weighted by molar-refractivity contribution is 5.76. The van der Waals surface area contributed by atoms with Gasteiger partial charge in [0.2, 0.25) is 5.91 Å². The van der Waals surface area contributed by atoms with E-state index in [1.54, 1.807) is 0 Å². The van der Waals surface area contributed by atoms with Crippen molar-refractivity contribution in [3.63, 3.8) is 0 Å². The normalized spacial score (nSPS) is 22.1. The van der Waals surface area contributed by atoms with Crippen LogP contribution in [0.5, 0.6) is 0 Å². The van der Waals surface area contributed by atoms with Crippen molar-refractivity contribution in [2.45, 2.75) is 211 Å². The van der Waals surface area contributed by atoms with Crippen molar-refractivity contribution >= 4 is 5.91 Å². The number of unbranched alkanes of at least 4 members (excludes halogenated alkanes) is 16. The van der Waals surface area contributed by atoms with E-state index in [0.29, 0.717) is 19.3 Å². The highest BCUT2D eigenvalue weighted by atomic mass is 16.7. The first-order valence-corrected chi connectivity index (χ1v) is 21.3. The summed E-state index contributed by atoms with van der Waals surface area (Å²) in [5.74, 6) is -0.201. The summed E-state index contributed by atoms with van der Waals surface area (Å²) in [6.45, 7) is 3.75. The first-order chi connectivity index (χ1) is 25.8. The van der Waals surface area contributed by atoms with Gasteiger partial charge >= 0.3 is 0 Å². The quantitative estimate of drug-likeness (QED) is 0.0285. The van der Waals surface area contributed by atoms with Gasteiger partial charge in [0, 0.05) is 6.42 Å². The highest BCUT2D eigenvalue weighted by Crippen LogP contribution is 2.23. The molecule has 7 atom stereocenters. The van der Waals surface area contributed by atoms with E-state index in [4.69, 9.17) is 9.47 Å². The molecule has 53 heavy (non-hydrogen) atoms. The Balaban J connectivity index is 2.43. The van der Waals surface area contributed by atoms with Crippen LogP contribution in [0.25, 0.3) is 0 Å². The van der Waals surface area contributed by atoms with Gasteiger partial charge in [-0.25, -0.2) is 0 Å². The number of carbonyl (C=O) groups is 1. The third-order valence-corrected chi connectivity index (χ3v) is 9.93. The fraction of sp³-hybridized carbons (Fsp3) is 0.795. The van der Waals surface area contributed by atoms with Crippen molar-refractivity contribution < 1.29 is 39.8 Å². The van der Waals surface area contributed by atoms with Crippen LogP contribution in [-0.4, -0.2) is 87.5 Å². The molecule has 1 heterocycles. The summed E-state index contributed by atoms with van der Waals surface area (Å²) >= 11 is 0. The van der Waals surface area contributed by atoms with Gasteiger partial charge in [0.05, 0.1) is 25.4 Å². The van der Waals surface area contributed by atoms with E-state index in [-0.39, 0.29) is 12.5 Å². The number of nitrogens with one attached hydrogen (secondary N) is 1. The van der Waals surface area contributed by atoms with Gasteiger partial charge in [-0.05, 0) is 51.4 Å². The molecule has 1 aliphatic rings. The molecule has 1 aliphatic heterocycles. The number of carbonyl (C=O) groups excluding carboxylic acids is 1. The van der Waals surface area contributed by atoms with Crippen molar-refractivity contribution in [2.24, 2.45) is 0 Å². The van der Waals surface area contributed by atoms with Crippen molar-refractivity contribution in [3.05, 3.63) is 48.6 Å². The predicted molar refractivity (Wildman–Crippen MR) is 216 cm³/mol. The zero-order chi connectivity index (χ0) is 38.8. The molecule has 6 N–H and O–H groups in total. The third-order valence-electron chi connectivity index (χ3n) is 9.93. The van der Waals surface area contributed by atoms with Crippen LogP contribution in [0.15, 0.2) is 48.6 Å². The van der Waals surface area contributed by atoms with Crippen LogP contribution in [-0.2, 0) is 14.3 Å². The average molecular weight is 750 g/mol. The molecule has 0 aromatic rings. The fourth-order valence-electron chi connectivity index (χ4n) is 6.45. The van der Waals surface area contributed by atoms with Crippen LogP contribution >= 0.6 is 0 Å². The second-order valence-electron chi connectivity index (χ2n) is 14.8. The number of amides is 1. The molecule has 0 aromatic carbocycles. The molecule has 9 nitrogen and oxygen atoms in total. The van der Waals surface area contributed by atoms with Gasteiger partial charge in [-0.15, -0.1) is 0 Å². The third kappa shape index (κ3) is 25.8. The molecule has 0 saturated carbocycles. The molecule has 1 rings (SSSR count). The Bertz CT molecular complexity index is 967. The van der Waals surface area contributed by atoms with Gasteiger partial charge in [-0.2, -0.15) is 0 Å². The molecule has 308 valence electrons. The Morgan fingerprint density at radius 2 is 1.11 bits per heavy atom. The summed E-state index contributed by atoms with van der Waals surface area (Å²) < 4.78 is 11.2. The summed E-state index contributed by atoms with van der Waals surface area (Å²) in [7, 11) is 0. The van der Waals surface area contributed by atoms with Gasteiger partial charge < -0.3 is 40.3 Å². The van der Waals surface area contributed by atoms with Crippen LogP contribution in [0.2, 0.25) is 0 Å². The molecule has 1 fully saturated rings. The Kier molecular flexibility index (Phi) is 32.1. The van der Waals surface area contributed by atoms with E-state index in [2.05, 4.69) is 67.8 Å². The Hall–Kier alpha value is -1.85. The van der Waals surface area contributed by atoms with Crippen molar-refractivity contribution in [2.75, 3.05) is 13.2 Å². The van der Waals surface area contributed by atoms with Crippen LogP contribution in [0.4, 0.5) is 0 Å². The van der Waals surface area contributed by atoms with Crippen molar-refractivity contribution in [1.29, 1.82) is 0 Å². The van der Waals surface area contributed by atoms with Gasteiger partial charge in [0.25, 0.3) is 0 Å². The summed E-state index contributed by atoms with van der Waals surface area (Å²) in [5, 5.41) is 54.2. The van der Waals surface area contributed by atoms with E-state index >= 15 is 0 Å². The van der Waals surface area contributed by atoms with E-state index in [9.17, 15) is 30.3 Å². The molecule has 9 heteroatoms. The van der Waals surface area contributed by atoms with Crippen LogP contribution in [0, 0.1) is 0 Å². The van der Waals surface area contributed by atoms with Crippen molar-refractivity contribution in [1.82, 2.24) is 5.32 Å². The lowest BCUT2D eigenvalue weighted by Gasteiger charge is -2.40. The Morgan fingerprint density at radius 3 is 1.64 bits per heavy atom. The second-order valence-corrected chi connectivity index (χ2v) is 14.8. The minimum Gasteiger partial charge on any atom is -0.394 e. The summed E-state index contributed by atoms with van der Waals surface area (Å²) in [6.07, 6.45) is 35.4. The minimum absolute atomic E-state index is 0.161. The smallest absolute Gasteiger partial charge is 0.220 e. The molecule has 1 saturated heterocycles. The van der Waals surface area contributed by atoms with E-state index < -0.39 is 49.5 Å². The minimum atomic E-state index is -1.56. The Morgan fingerprint density at radius 1 is 0.642 bits per heavy atom. The van der Waals surface area contributed by atoms with Crippen LogP contribution < -0.4 is 5.32 Å². The van der Waals surface area contributed by atoms with Gasteiger partial charge in [0.1, 0.15) is 24.4 Å². The molecule has 0 spiro atoms. The molecular formula is C44H79NO8. The highest BCUT2D eigenvalue weighted by Gasteiger charge is 2.44. The topological polar surface area (TPSA) is 149 Å². The standard InChI is InChI=1S/C44H79NO8/c1-3-5-7-9-11-13-15-17-18-19-20-22-24-26-28-30-32-34-40(48)45-37(36-52-44-43(51)42(50)41(49)39(35-46)53-44)38(47)33-31-29-27-25-23-21-16-14-12-10-8-6-4-2/h11,13,17-18,20,22,26,28,37-39,41-44,46-47,49-51H,3-10,12,14-16,19,21,23-25,27,29-36H2,1-2H3,(H,45,48)/b13-11-,18-17-,22-20-,28-26-/t37-,38+,39?,41?,42?,43?,44?/m0/s1. The number of rotatable bonds is 34. The molecule has 5 unspecified atom stereocenters. The molecule has 0 bridgehead atoms. The van der Waals surface area contributed by atoms with Gasteiger partial charge in [-0.1, -0.05) is 159 Å². The first-order valence-electron chi connectivity index (χ1n) is 21.3. The average Bonchev–Trinajstić information content (AvgIpc) is 3.16. The number of hydrogen-bond donors (Lipinski definition) is 6. The number of hydrogen-bond acceptors (Lipinski definition) is 8. The summed E-state index contributed by atoms with van der Waals surface area (Å²) in [6, 6.07) is -0.747. The fourth-order valence-corrected chi connectivity index (χ4v) is 6.45. The lowest BCUT2D eigenvalue weighted by Crippen LogP contribution is -2.60. The van der Waals surface area contributed by atoms with E-state index in [1.807, 2.05) is 0 Å². The summed E-state index contributed by atoms with van der Waals surface area (Å²) in [5.41, 5.74) is 0. The second kappa shape index (κ2) is 34.6. The van der Waals surface area contributed by atoms with Crippen LogP contribution in [0.1, 0.15) is 168 Å². The maximum Gasteiger partial charge on any atom is 0.220 e. The SMILES string of the molecule is CCCCC/C=C\C/C=C\C/C=C\C/C=C\CCCC(=O)N[C@@H](COC1OC(CO)C(O)C(O)C1O)[C@H](O)CCCCCCCCCCCCCCC. The monoisotopic (exact) mass is 750 g/mol.